The summed E-state index contributed by atoms with van der Waals surface area (Å²) in [4.78, 5) is 12.6. The molecule has 1 amide bonds. The molecule has 2 aromatic carbocycles. The van der Waals surface area contributed by atoms with Crippen molar-refractivity contribution in [3.63, 3.8) is 0 Å². The normalized spacial score (nSPS) is 10.6. The van der Waals surface area contributed by atoms with E-state index in [0.717, 1.165) is 17.6 Å². The highest BCUT2D eigenvalue weighted by Gasteiger charge is 2.18. The highest BCUT2D eigenvalue weighted by molar-refractivity contribution is 7.08. The maximum absolute atomic E-state index is 13.1. The van der Waals surface area contributed by atoms with Gasteiger partial charge in [-0.3, -0.25) is 4.79 Å². The topological polar surface area (TPSA) is 54.9 Å². The molecular weight excluding hydrogens is 344 g/mol. The fraction of sp³-hybridized carbons (Fsp3) is 0. The second-order valence-corrected chi connectivity index (χ2v) is 5.70. The summed E-state index contributed by atoms with van der Waals surface area (Å²) in [6, 6.07) is 9.43. The van der Waals surface area contributed by atoms with E-state index in [1.165, 1.54) is 36.4 Å². The smallest absolute Gasteiger partial charge is 0.269 e. The number of rotatable bonds is 3. The molecule has 0 aliphatic rings. The van der Waals surface area contributed by atoms with Gasteiger partial charge in [-0.25, -0.2) is 8.78 Å². The Morgan fingerprint density at radius 2 is 1.87 bits per heavy atom. The first-order chi connectivity index (χ1) is 11.0. The first-order valence-corrected chi connectivity index (χ1v) is 7.54. The number of aromatic nitrogens is 2. The van der Waals surface area contributed by atoms with Crippen LogP contribution < -0.4 is 5.32 Å². The van der Waals surface area contributed by atoms with Gasteiger partial charge in [-0.15, -0.1) is 5.10 Å². The molecular formula is C15H8ClF2N3OS. The average Bonchev–Trinajstić information content (AvgIpc) is 3.01. The molecule has 3 aromatic rings. The lowest BCUT2D eigenvalue weighted by Gasteiger charge is -2.05. The molecule has 23 heavy (non-hydrogen) atoms. The van der Waals surface area contributed by atoms with Crippen LogP contribution in [0.15, 0.2) is 42.5 Å². The summed E-state index contributed by atoms with van der Waals surface area (Å²) in [5.74, 6) is -1.41. The average molecular weight is 352 g/mol. The first-order valence-electron chi connectivity index (χ1n) is 6.39. The summed E-state index contributed by atoms with van der Waals surface area (Å²) < 4.78 is 29.9. The Morgan fingerprint density at radius 3 is 2.57 bits per heavy atom. The highest BCUT2D eigenvalue weighted by atomic mass is 35.5. The summed E-state index contributed by atoms with van der Waals surface area (Å²) in [7, 11) is 0. The number of benzene rings is 2. The highest BCUT2D eigenvalue weighted by Crippen LogP contribution is 2.26. The molecule has 3 rings (SSSR count). The van der Waals surface area contributed by atoms with Crippen LogP contribution in [0.4, 0.5) is 14.5 Å². The second-order valence-electron chi connectivity index (χ2n) is 4.54. The van der Waals surface area contributed by atoms with Gasteiger partial charge in [0.1, 0.15) is 22.2 Å². The van der Waals surface area contributed by atoms with Gasteiger partial charge in [0.25, 0.3) is 5.91 Å². The Morgan fingerprint density at radius 1 is 1.13 bits per heavy atom. The number of nitrogens with zero attached hydrogens (tertiary/aromatic N) is 2. The van der Waals surface area contributed by atoms with E-state index < -0.39 is 11.7 Å². The monoisotopic (exact) mass is 351 g/mol. The summed E-state index contributed by atoms with van der Waals surface area (Å²) in [6.45, 7) is 0. The number of carbonyl (C=O) groups excluding carboxylic acids is 1. The molecule has 1 aromatic heterocycles. The van der Waals surface area contributed by atoms with Gasteiger partial charge in [0.05, 0.1) is 5.02 Å². The van der Waals surface area contributed by atoms with E-state index in [0.29, 0.717) is 16.9 Å². The lowest BCUT2D eigenvalue weighted by Crippen LogP contribution is -2.11. The van der Waals surface area contributed by atoms with Crippen molar-refractivity contribution >= 4 is 34.7 Å². The SMILES string of the molecule is O=C(Nc1ccc(F)c(Cl)c1)c1snnc1-c1ccc(F)cc1. The van der Waals surface area contributed by atoms with Crippen molar-refractivity contribution in [3.05, 3.63) is 64.0 Å². The van der Waals surface area contributed by atoms with Crippen LogP contribution in [0.2, 0.25) is 5.02 Å². The van der Waals surface area contributed by atoms with Crippen molar-refractivity contribution in [2.75, 3.05) is 5.32 Å². The Bertz CT molecular complexity index is 867. The van der Waals surface area contributed by atoms with Gasteiger partial charge in [-0.05, 0) is 54.0 Å². The Labute approximate surface area is 138 Å². The van der Waals surface area contributed by atoms with Gasteiger partial charge in [0.15, 0.2) is 0 Å². The van der Waals surface area contributed by atoms with Crippen molar-refractivity contribution in [2.24, 2.45) is 0 Å². The van der Waals surface area contributed by atoms with E-state index in [4.69, 9.17) is 11.6 Å². The van der Waals surface area contributed by atoms with Crippen LogP contribution >= 0.6 is 23.1 Å². The lowest BCUT2D eigenvalue weighted by molar-refractivity contribution is 0.103. The number of halogens is 3. The minimum absolute atomic E-state index is 0.0935. The van der Waals surface area contributed by atoms with Crippen LogP contribution in [0.25, 0.3) is 11.3 Å². The molecule has 0 fully saturated rings. The number of hydrogen-bond donors (Lipinski definition) is 1. The molecule has 0 atom stereocenters. The predicted octanol–water partition coefficient (Wildman–Crippen LogP) is 4.39. The summed E-state index contributed by atoms with van der Waals surface area (Å²) in [5.41, 5.74) is 1.27. The zero-order valence-electron chi connectivity index (χ0n) is 11.4. The van der Waals surface area contributed by atoms with E-state index in [1.54, 1.807) is 0 Å². The van der Waals surface area contributed by atoms with Gasteiger partial charge >= 0.3 is 0 Å². The van der Waals surface area contributed by atoms with Gasteiger partial charge in [-0.2, -0.15) is 0 Å². The summed E-state index contributed by atoms with van der Waals surface area (Å²) in [5, 5.41) is 6.42. The van der Waals surface area contributed by atoms with Crippen molar-refractivity contribution in [1.29, 1.82) is 0 Å². The molecule has 0 unspecified atom stereocenters. The molecule has 0 saturated heterocycles. The van der Waals surface area contributed by atoms with Gasteiger partial charge in [-0.1, -0.05) is 16.1 Å². The van der Waals surface area contributed by atoms with E-state index in [2.05, 4.69) is 14.9 Å². The van der Waals surface area contributed by atoms with Crippen molar-refractivity contribution in [2.45, 2.75) is 0 Å². The Hall–Kier alpha value is -2.38. The summed E-state index contributed by atoms with van der Waals surface area (Å²) >= 11 is 6.59. The molecule has 1 N–H and O–H groups in total. The van der Waals surface area contributed by atoms with E-state index in [1.807, 2.05) is 0 Å². The van der Waals surface area contributed by atoms with Crippen molar-refractivity contribution < 1.29 is 13.6 Å². The van der Waals surface area contributed by atoms with Crippen LogP contribution in [0.5, 0.6) is 0 Å². The largest absolute Gasteiger partial charge is 0.321 e. The zero-order chi connectivity index (χ0) is 16.4. The number of hydrogen-bond acceptors (Lipinski definition) is 4. The third-order valence-corrected chi connectivity index (χ3v) is 4.00. The fourth-order valence-electron chi connectivity index (χ4n) is 1.90. The van der Waals surface area contributed by atoms with Crippen LogP contribution in [-0.2, 0) is 0 Å². The quantitative estimate of drug-likeness (QED) is 0.761. The number of anilines is 1. The molecule has 0 aliphatic heterocycles. The number of carbonyl (C=O) groups is 1. The van der Waals surface area contributed by atoms with Crippen LogP contribution in [-0.4, -0.2) is 15.5 Å². The molecule has 116 valence electrons. The minimum atomic E-state index is -0.573. The maximum atomic E-state index is 13.1. The second kappa shape index (κ2) is 6.39. The minimum Gasteiger partial charge on any atom is -0.321 e. The summed E-state index contributed by atoms with van der Waals surface area (Å²) in [6.07, 6.45) is 0. The van der Waals surface area contributed by atoms with Crippen LogP contribution in [0.3, 0.4) is 0 Å². The molecule has 8 heteroatoms. The molecule has 1 heterocycles. The van der Waals surface area contributed by atoms with E-state index in [-0.39, 0.29) is 15.7 Å². The Kier molecular flexibility index (Phi) is 4.31. The van der Waals surface area contributed by atoms with Crippen LogP contribution in [0.1, 0.15) is 9.67 Å². The molecule has 4 nitrogen and oxygen atoms in total. The van der Waals surface area contributed by atoms with Gasteiger partial charge in [0, 0.05) is 11.3 Å². The predicted molar refractivity (Wildman–Crippen MR) is 84.7 cm³/mol. The third-order valence-electron chi connectivity index (χ3n) is 2.99. The van der Waals surface area contributed by atoms with E-state index in [9.17, 15) is 13.6 Å². The fourth-order valence-corrected chi connectivity index (χ4v) is 2.66. The maximum Gasteiger partial charge on any atom is 0.269 e. The van der Waals surface area contributed by atoms with Crippen molar-refractivity contribution in [1.82, 2.24) is 9.59 Å². The lowest BCUT2D eigenvalue weighted by atomic mass is 10.1. The Balaban J connectivity index is 1.87. The molecule has 0 radical (unpaired) electrons. The third kappa shape index (κ3) is 3.35. The van der Waals surface area contributed by atoms with Crippen molar-refractivity contribution in [3.8, 4) is 11.3 Å². The van der Waals surface area contributed by atoms with Gasteiger partial charge < -0.3 is 5.32 Å². The first kappa shape index (κ1) is 15.5. The van der Waals surface area contributed by atoms with Gasteiger partial charge in [0.2, 0.25) is 0 Å². The standard InChI is InChI=1S/C15H8ClF2N3OS/c16-11-7-10(5-6-12(11)18)19-15(22)14-13(20-21-23-14)8-1-3-9(17)4-2-8/h1-7H,(H,19,22). The zero-order valence-corrected chi connectivity index (χ0v) is 13.0. The number of amides is 1. The van der Waals surface area contributed by atoms with Crippen LogP contribution in [0, 0.1) is 11.6 Å². The molecule has 0 saturated carbocycles. The van der Waals surface area contributed by atoms with E-state index >= 15 is 0 Å². The molecule has 0 bridgehead atoms. The molecule has 0 spiro atoms. The number of nitrogens with one attached hydrogen (secondary N) is 1. The molecule has 0 aliphatic carbocycles.